The van der Waals surface area contributed by atoms with Gasteiger partial charge < -0.3 is 0 Å². The van der Waals surface area contributed by atoms with E-state index in [1.54, 1.807) is 0 Å². The first-order chi connectivity index (χ1) is 17.6. The molecule has 5 rings (SSSR count). The van der Waals surface area contributed by atoms with Gasteiger partial charge in [-0.05, 0) is 83.9 Å². The molecule has 6 heteroatoms. The largest absolute Gasteiger partial charge is 0.299 e. The molecule has 0 radical (unpaired) electrons. The third kappa shape index (κ3) is 3.49. The van der Waals surface area contributed by atoms with Crippen LogP contribution in [-0.2, 0) is 19.2 Å². The number of carbonyl (C=O) groups is 3. The zero-order chi connectivity index (χ0) is 28.1. The van der Waals surface area contributed by atoms with Crippen LogP contribution >= 0.6 is 0 Å². The molecule has 4 fully saturated rings. The Kier molecular flexibility index (Phi) is 6.16. The van der Waals surface area contributed by atoms with Crippen molar-refractivity contribution in [3.63, 3.8) is 0 Å². The van der Waals surface area contributed by atoms with Crippen LogP contribution in [-0.4, -0.2) is 24.6 Å². The van der Waals surface area contributed by atoms with Crippen LogP contribution in [0, 0.1) is 73.9 Å². The quantitative estimate of drug-likeness (QED) is 0.461. The summed E-state index contributed by atoms with van der Waals surface area (Å²) in [5.74, 6) is 0.557. The zero-order valence-corrected chi connectivity index (χ0v) is 24.6. The molecule has 5 aliphatic carbocycles. The minimum Gasteiger partial charge on any atom is -0.299 e. The molecule has 0 aromatic rings. The molecule has 1 amide bonds. The van der Waals surface area contributed by atoms with Gasteiger partial charge in [0, 0.05) is 23.7 Å². The SMILES string of the molecule is CONC(=O)[C@@H]1CC(C)(C)C[C@H]2[C@@H]1CC[C@]1(C)[C@@H]2C(=O)C[C@@H]2[C@@]3(C)C=C(C#N)C(=O)C(C)(C)[C@@H]3CC[C@]21C. The second-order valence-electron chi connectivity index (χ2n) is 15.4. The highest BCUT2D eigenvalue weighted by Crippen LogP contribution is 2.74. The van der Waals surface area contributed by atoms with Gasteiger partial charge in [-0.15, -0.1) is 0 Å². The number of Topliss-reactive ketones (excluding diaryl/α,β-unsaturated/α-hetero) is 2. The molecule has 5 aliphatic rings. The molecule has 0 bridgehead atoms. The highest BCUT2D eigenvalue weighted by molar-refractivity contribution is 6.04. The summed E-state index contributed by atoms with van der Waals surface area (Å²) in [4.78, 5) is 45.8. The number of rotatable bonds is 2. The van der Waals surface area contributed by atoms with Crippen LogP contribution in [0.3, 0.4) is 0 Å². The van der Waals surface area contributed by atoms with Gasteiger partial charge in [-0.1, -0.05) is 54.5 Å². The smallest absolute Gasteiger partial charge is 0.246 e. The summed E-state index contributed by atoms with van der Waals surface area (Å²) in [5.41, 5.74) is 1.54. The summed E-state index contributed by atoms with van der Waals surface area (Å²) >= 11 is 0. The third-order valence-electron chi connectivity index (χ3n) is 12.8. The normalized spacial score (nSPS) is 46.9. The molecule has 0 heterocycles. The molecular formula is C32H46N2O4. The number of nitriles is 1. The Morgan fingerprint density at radius 1 is 0.974 bits per heavy atom. The summed E-state index contributed by atoms with van der Waals surface area (Å²) in [5, 5.41) is 9.89. The number of nitrogens with one attached hydrogen (secondary N) is 1. The van der Waals surface area contributed by atoms with E-state index < -0.39 is 5.41 Å². The van der Waals surface area contributed by atoms with Crippen LogP contribution in [0.1, 0.15) is 93.4 Å². The van der Waals surface area contributed by atoms with Crippen LogP contribution in [0.25, 0.3) is 0 Å². The maximum Gasteiger partial charge on any atom is 0.246 e. The van der Waals surface area contributed by atoms with E-state index in [-0.39, 0.29) is 74.4 Å². The van der Waals surface area contributed by atoms with Crippen molar-refractivity contribution in [3.8, 4) is 6.07 Å². The number of carbonyl (C=O) groups excluding carboxylic acids is 3. The van der Waals surface area contributed by atoms with Gasteiger partial charge in [0.15, 0.2) is 5.78 Å². The van der Waals surface area contributed by atoms with Gasteiger partial charge in [-0.25, -0.2) is 5.48 Å². The number of amides is 1. The van der Waals surface area contributed by atoms with Crippen molar-refractivity contribution in [2.45, 2.75) is 93.4 Å². The van der Waals surface area contributed by atoms with Gasteiger partial charge in [0.05, 0.1) is 12.7 Å². The van der Waals surface area contributed by atoms with E-state index in [1.807, 2.05) is 19.9 Å². The van der Waals surface area contributed by atoms with Crippen molar-refractivity contribution in [2.75, 3.05) is 7.11 Å². The van der Waals surface area contributed by atoms with Crippen LogP contribution < -0.4 is 5.48 Å². The van der Waals surface area contributed by atoms with Gasteiger partial charge in [-0.3, -0.25) is 19.2 Å². The van der Waals surface area contributed by atoms with Gasteiger partial charge in [0.25, 0.3) is 0 Å². The average molecular weight is 523 g/mol. The fourth-order valence-electron chi connectivity index (χ4n) is 11.1. The maximum absolute atomic E-state index is 14.4. The molecule has 0 aromatic heterocycles. The predicted molar refractivity (Wildman–Crippen MR) is 144 cm³/mol. The molecule has 0 aromatic carbocycles. The highest BCUT2D eigenvalue weighted by Gasteiger charge is 2.71. The van der Waals surface area contributed by atoms with E-state index in [4.69, 9.17) is 4.84 Å². The number of hydrogen-bond acceptors (Lipinski definition) is 5. The molecule has 38 heavy (non-hydrogen) atoms. The minimum absolute atomic E-state index is 0.0327. The number of hydrogen-bond donors (Lipinski definition) is 1. The molecule has 0 saturated heterocycles. The van der Waals surface area contributed by atoms with E-state index in [0.29, 0.717) is 12.2 Å². The molecule has 0 aliphatic heterocycles. The molecular weight excluding hydrogens is 476 g/mol. The van der Waals surface area contributed by atoms with E-state index >= 15 is 0 Å². The molecule has 4 saturated carbocycles. The van der Waals surface area contributed by atoms with Crippen molar-refractivity contribution in [1.82, 2.24) is 5.48 Å². The highest BCUT2D eigenvalue weighted by atomic mass is 16.6. The monoisotopic (exact) mass is 522 g/mol. The van der Waals surface area contributed by atoms with Crippen molar-refractivity contribution in [2.24, 2.45) is 62.6 Å². The fraction of sp³-hybridized carbons (Fsp3) is 0.812. The van der Waals surface area contributed by atoms with Crippen molar-refractivity contribution >= 4 is 17.5 Å². The fourth-order valence-corrected chi connectivity index (χ4v) is 11.1. The lowest BCUT2D eigenvalue weighted by atomic mass is 9.32. The van der Waals surface area contributed by atoms with Crippen LogP contribution in [0.2, 0.25) is 0 Å². The summed E-state index contributed by atoms with van der Waals surface area (Å²) in [7, 11) is 1.48. The number of fused-ring (bicyclic) bond motifs is 7. The van der Waals surface area contributed by atoms with Crippen molar-refractivity contribution in [3.05, 3.63) is 11.6 Å². The molecule has 0 unspecified atom stereocenters. The lowest BCUT2D eigenvalue weighted by Crippen LogP contribution is -2.68. The number of hydroxylamine groups is 1. The lowest BCUT2D eigenvalue weighted by molar-refractivity contribution is -0.214. The second kappa shape index (κ2) is 8.50. The van der Waals surface area contributed by atoms with E-state index in [1.165, 1.54) is 7.11 Å². The van der Waals surface area contributed by atoms with Gasteiger partial charge in [0.1, 0.15) is 11.9 Å². The van der Waals surface area contributed by atoms with Crippen molar-refractivity contribution in [1.29, 1.82) is 5.26 Å². The van der Waals surface area contributed by atoms with Gasteiger partial charge in [0.2, 0.25) is 5.91 Å². The van der Waals surface area contributed by atoms with E-state index in [9.17, 15) is 19.6 Å². The summed E-state index contributed by atoms with van der Waals surface area (Å²) in [6, 6.07) is 2.20. The lowest BCUT2D eigenvalue weighted by Gasteiger charge is -2.71. The maximum atomic E-state index is 14.4. The number of allylic oxidation sites excluding steroid dienone is 2. The molecule has 0 spiro atoms. The second-order valence-corrected chi connectivity index (χ2v) is 15.4. The Morgan fingerprint density at radius 3 is 2.26 bits per heavy atom. The molecule has 208 valence electrons. The van der Waals surface area contributed by atoms with Crippen LogP contribution in [0.5, 0.6) is 0 Å². The molecule has 6 nitrogen and oxygen atoms in total. The Balaban J connectivity index is 1.59. The summed E-state index contributed by atoms with van der Waals surface area (Å²) < 4.78 is 0. The molecule has 9 atom stereocenters. The minimum atomic E-state index is -0.621. The third-order valence-corrected chi connectivity index (χ3v) is 12.8. The van der Waals surface area contributed by atoms with E-state index in [0.717, 1.165) is 38.5 Å². The van der Waals surface area contributed by atoms with Crippen molar-refractivity contribution < 1.29 is 19.2 Å². The van der Waals surface area contributed by atoms with Gasteiger partial charge >= 0.3 is 0 Å². The Bertz CT molecular complexity index is 1150. The number of ketones is 2. The standard InChI is InChI=1S/C32H46N2O4/c1-28(2)15-20-19(21(16-28)27(37)34-38-8)9-11-32(7)25(20)22(35)13-24-30(5)14-18(17-33)26(36)29(3,4)23(30)10-12-31(24,32)6/h14,19-21,23-25H,9-13,15-16H2,1-8H3,(H,34,37)/t19-,20-,21+,23-,24+,25-,30-,31+,32+/m0/s1. The number of nitrogens with zero attached hydrogens (tertiary/aromatic N) is 1. The van der Waals surface area contributed by atoms with Crippen LogP contribution in [0.15, 0.2) is 11.6 Å². The average Bonchev–Trinajstić information content (AvgIpc) is 2.82. The summed E-state index contributed by atoms with van der Waals surface area (Å²) in [6.07, 6.45) is 7.99. The predicted octanol–water partition coefficient (Wildman–Crippen LogP) is 5.82. The first-order valence-electron chi connectivity index (χ1n) is 14.6. The molecule has 1 N–H and O–H groups in total. The first-order valence-corrected chi connectivity index (χ1v) is 14.6. The zero-order valence-electron chi connectivity index (χ0n) is 24.6. The summed E-state index contributed by atoms with van der Waals surface area (Å²) in [6.45, 7) is 15.5. The first kappa shape index (κ1) is 27.6. The van der Waals surface area contributed by atoms with E-state index in [2.05, 4.69) is 46.2 Å². The Hall–Kier alpha value is -2.00. The Labute approximate surface area is 228 Å². The van der Waals surface area contributed by atoms with Crippen LogP contribution in [0.4, 0.5) is 0 Å². The van der Waals surface area contributed by atoms with Gasteiger partial charge in [-0.2, -0.15) is 5.26 Å². The Morgan fingerprint density at radius 2 is 1.63 bits per heavy atom. The topological polar surface area (TPSA) is 96.3 Å².